The predicted octanol–water partition coefficient (Wildman–Crippen LogP) is 4.83. The number of hydrogen-bond donors (Lipinski definition) is 1. The van der Waals surface area contributed by atoms with Gasteiger partial charge in [-0.15, -0.1) is 11.3 Å². The molecule has 2 aromatic heterocycles. The lowest BCUT2D eigenvalue weighted by atomic mass is 10.1. The number of amides is 1. The van der Waals surface area contributed by atoms with E-state index in [-0.39, 0.29) is 11.9 Å². The van der Waals surface area contributed by atoms with E-state index in [9.17, 15) is 4.79 Å². The average Bonchev–Trinajstić information content (AvgIpc) is 3.22. The van der Waals surface area contributed by atoms with E-state index >= 15 is 0 Å². The summed E-state index contributed by atoms with van der Waals surface area (Å²) in [4.78, 5) is 18.0. The standard InChI is InChI=1S/C23H24N4OS/c1-14(26-23(28)12-22-15(2)25-17(4)29-22)20-13-24-27(16(20)3)21-11-7-9-18-8-5-6-10-19(18)21/h5-11,13-14H,12H2,1-4H3,(H,26,28)/t14-/m1/s1. The molecule has 148 valence electrons. The maximum atomic E-state index is 12.6. The Bertz CT molecular complexity index is 1190. The van der Waals surface area contributed by atoms with Crippen LogP contribution in [0.4, 0.5) is 0 Å². The molecule has 0 radical (unpaired) electrons. The van der Waals surface area contributed by atoms with E-state index < -0.39 is 0 Å². The van der Waals surface area contributed by atoms with Crippen molar-refractivity contribution >= 4 is 28.0 Å². The molecule has 0 saturated carbocycles. The largest absolute Gasteiger partial charge is 0.349 e. The van der Waals surface area contributed by atoms with Crippen LogP contribution < -0.4 is 5.32 Å². The number of nitrogens with one attached hydrogen (secondary N) is 1. The van der Waals surface area contributed by atoms with Crippen molar-refractivity contribution < 1.29 is 4.79 Å². The summed E-state index contributed by atoms with van der Waals surface area (Å²) in [6.45, 7) is 7.96. The van der Waals surface area contributed by atoms with Crippen LogP contribution in [0.25, 0.3) is 16.5 Å². The molecule has 0 fully saturated rings. The first-order valence-electron chi connectivity index (χ1n) is 9.69. The number of aromatic nitrogens is 3. The summed E-state index contributed by atoms with van der Waals surface area (Å²) >= 11 is 1.58. The maximum Gasteiger partial charge on any atom is 0.225 e. The first-order valence-corrected chi connectivity index (χ1v) is 10.5. The number of carbonyl (C=O) groups excluding carboxylic acids is 1. The van der Waals surface area contributed by atoms with Crippen LogP contribution in [0, 0.1) is 20.8 Å². The predicted molar refractivity (Wildman–Crippen MR) is 118 cm³/mol. The monoisotopic (exact) mass is 404 g/mol. The third-order valence-electron chi connectivity index (χ3n) is 5.21. The zero-order valence-electron chi connectivity index (χ0n) is 17.1. The molecule has 6 heteroatoms. The van der Waals surface area contributed by atoms with Crippen molar-refractivity contribution in [3.05, 3.63) is 75.5 Å². The number of rotatable bonds is 5. The Balaban J connectivity index is 1.56. The van der Waals surface area contributed by atoms with Gasteiger partial charge in [-0.2, -0.15) is 5.10 Å². The lowest BCUT2D eigenvalue weighted by molar-refractivity contribution is -0.121. The quantitative estimate of drug-likeness (QED) is 0.518. The number of aryl methyl sites for hydroxylation is 2. The zero-order valence-corrected chi connectivity index (χ0v) is 17.9. The summed E-state index contributed by atoms with van der Waals surface area (Å²) in [6, 6.07) is 14.4. The van der Waals surface area contributed by atoms with Gasteiger partial charge in [0.1, 0.15) is 0 Å². The van der Waals surface area contributed by atoms with E-state index in [2.05, 4.69) is 39.7 Å². The number of benzene rings is 2. The van der Waals surface area contributed by atoms with Crippen LogP contribution in [0.1, 0.15) is 39.8 Å². The summed E-state index contributed by atoms with van der Waals surface area (Å²) in [7, 11) is 0. The van der Waals surface area contributed by atoms with Crippen molar-refractivity contribution in [3.8, 4) is 5.69 Å². The van der Waals surface area contributed by atoms with Gasteiger partial charge in [-0.25, -0.2) is 9.67 Å². The molecule has 0 saturated heterocycles. The molecule has 2 aromatic carbocycles. The van der Waals surface area contributed by atoms with E-state index in [1.54, 1.807) is 11.3 Å². The molecule has 4 aromatic rings. The highest BCUT2D eigenvalue weighted by Gasteiger charge is 2.18. The molecular formula is C23H24N4OS. The fourth-order valence-corrected chi connectivity index (χ4v) is 4.67. The molecule has 0 unspecified atom stereocenters. The second-order valence-electron chi connectivity index (χ2n) is 7.30. The fraction of sp³-hybridized carbons (Fsp3) is 0.261. The molecule has 1 N–H and O–H groups in total. The fourth-order valence-electron chi connectivity index (χ4n) is 3.74. The van der Waals surface area contributed by atoms with Gasteiger partial charge in [0.15, 0.2) is 0 Å². The molecule has 4 rings (SSSR count). The van der Waals surface area contributed by atoms with Crippen molar-refractivity contribution in [2.45, 2.75) is 40.2 Å². The van der Waals surface area contributed by atoms with E-state index in [1.165, 1.54) is 5.39 Å². The summed E-state index contributed by atoms with van der Waals surface area (Å²) in [6.07, 6.45) is 2.21. The van der Waals surface area contributed by atoms with Crippen molar-refractivity contribution in [3.63, 3.8) is 0 Å². The highest BCUT2D eigenvalue weighted by atomic mass is 32.1. The summed E-state index contributed by atoms with van der Waals surface area (Å²) in [5, 5.41) is 11.1. The van der Waals surface area contributed by atoms with Crippen LogP contribution in [0.2, 0.25) is 0 Å². The molecule has 0 aliphatic rings. The molecule has 0 bridgehead atoms. The van der Waals surface area contributed by atoms with Gasteiger partial charge in [0, 0.05) is 21.5 Å². The zero-order chi connectivity index (χ0) is 20.5. The van der Waals surface area contributed by atoms with E-state index in [0.717, 1.165) is 37.9 Å². The average molecular weight is 405 g/mol. The molecule has 1 amide bonds. The minimum atomic E-state index is -0.124. The highest BCUT2D eigenvalue weighted by molar-refractivity contribution is 7.11. The number of nitrogens with zero attached hydrogens (tertiary/aromatic N) is 3. The van der Waals surface area contributed by atoms with Gasteiger partial charge in [-0.1, -0.05) is 36.4 Å². The molecule has 0 aliphatic carbocycles. The maximum absolute atomic E-state index is 12.6. The minimum Gasteiger partial charge on any atom is -0.349 e. The van der Waals surface area contributed by atoms with Gasteiger partial charge in [-0.3, -0.25) is 4.79 Å². The molecule has 2 heterocycles. The molecular weight excluding hydrogens is 380 g/mol. The Hall–Kier alpha value is -2.99. The van der Waals surface area contributed by atoms with Crippen LogP contribution >= 0.6 is 11.3 Å². The summed E-state index contributed by atoms with van der Waals surface area (Å²) < 4.78 is 1.96. The Morgan fingerprint density at radius 1 is 1.14 bits per heavy atom. The smallest absolute Gasteiger partial charge is 0.225 e. The second kappa shape index (κ2) is 7.79. The molecule has 29 heavy (non-hydrogen) atoms. The third kappa shape index (κ3) is 3.80. The van der Waals surface area contributed by atoms with Crippen LogP contribution in [0.5, 0.6) is 0 Å². The molecule has 5 nitrogen and oxygen atoms in total. The lowest BCUT2D eigenvalue weighted by Crippen LogP contribution is -2.28. The number of fused-ring (bicyclic) bond motifs is 1. The van der Waals surface area contributed by atoms with Gasteiger partial charge in [0.25, 0.3) is 0 Å². The minimum absolute atomic E-state index is 0.00145. The molecule has 0 spiro atoms. The summed E-state index contributed by atoms with van der Waals surface area (Å²) in [5.74, 6) is 0.00145. The van der Waals surface area contributed by atoms with E-state index in [0.29, 0.717) is 6.42 Å². The van der Waals surface area contributed by atoms with Crippen LogP contribution in [0.15, 0.2) is 48.7 Å². The Labute approximate surface area is 174 Å². The second-order valence-corrected chi connectivity index (χ2v) is 8.59. The topological polar surface area (TPSA) is 59.8 Å². The number of thiazole rings is 1. The van der Waals surface area contributed by atoms with Gasteiger partial charge in [0.05, 0.1) is 35.0 Å². The Morgan fingerprint density at radius 3 is 2.66 bits per heavy atom. The van der Waals surface area contributed by atoms with Gasteiger partial charge >= 0.3 is 0 Å². The normalized spacial score (nSPS) is 12.3. The van der Waals surface area contributed by atoms with Crippen molar-refractivity contribution in [1.82, 2.24) is 20.1 Å². The SMILES string of the molecule is Cc1nc(C)c(CC(=O)N[C@H](C)c2cnn(-c3cccc4ccccc34)c2C)s1. The Kier molecular flexibility index (Phi) is 5.20. The lowest BCUT2D eigenvalue weighted by Gasteiger charge is -2.14. The van der Waals surface area contributed by atoms with Gasteiger partial charge in [-0.05, 0) is 39.1 Å². The number of hydrogen-bond acceptors (Lipinski definition) is 4. The number of carbonyl (C=O) groups is 1. The highest BCUT2D eigenvalue weighted by Crippen LogP contribution is 2.26. The van der Waals surface area contributed by atoms with Crippen LogP contribution in [0.3, 0.4) is 0 Å². The van der Waals surface area contributed by atoms with Crippen molar-refractivity contribution in [1.29, 1.82) is 0 Å². The molecule has 0 aliphatic heterocycles. The third-order valence-corrected chi connectivity index (χ3v) is 6.28. The Morgan fingerprint density at radius 2 is 1.90 bits per heavy atom. The van der Waals surface area contributed by atoms with Crippen molar-refractivity contribution in [2.24, 2.45) is 0 Å². The van der Waals surface area contributed by atoms with E-state index in [4.69, 9.17) is 0 Å². The summed E-state index contributed by atoms with van der Waals surface area (Å²) in [5.41, 5.74) is 4.03. The van der Waals surface area contributed by atoms with Crippen molar-refractivity contribution in [2.75, 3.05) is 0 Å². The van der Waals surface area contributed by atoms with Crippen LogP contribution in [-0.2, 0) is 11.2 Å². The first kappa shape index (κ1) is 19.3. The van der Waals surface area contributed by atoms with Gasteiger partial charge < -0.3 is 5.32 Å². The van der Waals surface area contributed by atoms with Gasteiger partial charge in [0.2, 0.25) is 5.91 Å². The first-order chi connectivity index (χ1) is 13.9. The van der Waals surface area contributed by atoms with Crippen LogP contribution in [-0.4, -0.2) is 20.7 Å². The molecule has 1 atom stereocenters. The van der Waals surface area contributed by atoms with E-state index in [1.807, 2.05) is 56.8 Å².